The minimum Gasteiger partial charge on any atom is -0.355 e. The maximum Gasteiger partial charge on any atom is 0.264 e. The molecule has 3 rings (SSSR count). The molecule has 2 amide bonds. The van der Waals surface area contributed by atoms with Crippen molar-refractivity contribution in [1.82, 2.24) is 10.2 Å². The molecule has 0 fully saturated rings. The molecule has 0 bridgehead atoms. The monoisotopic (exact) mass is 581 g/mol. The summed E-state index contributed by atoms with van der Waals surface area (Å²) < 4.78 is 28.3. The van der Waals surface area contributed by atoms with E-state index in [1.54, 1.807) is 56.3 Å². The van der Waals surface area contributed by atoms with Gasteiger partial charge in [0.05, 0.1) is 15.6 Å². The Kier molecular flexibility index (Phi) is 9.84. The Bertz CT molecular complexity index is 1350. The van der Waals surface area contributed by atoms with Gasteiger partial charge in [-0.05, 0) is 61.9 Å². The molecule has 1 N–H and O–H groups in total. The quantitative estimate of drug-likeness (QED) is 0.347. The normalized spacial score (nSPS) is 12.0. The molecule has 1 atom stereocenters. The average molecular weight is 583 g/mol. The number of halogens is 3. The molecule has 0 aliphatic carbocycles. The molecule has 11 heteroatoms. The molecule has 1 unspecified atom stereocenters. The lowest BCUT2D eigenvalue weighted by atomic mass is 10.1. The first-order chi connectivity index (χ1) is 17.5. The van der Waals surface area contributed by atoms with Gasteiger partial charge in [0.2, 0.25) is 11.8 Å². The smallest absolute Gasteiger partial charge is 0.264 e. The zero-order valence-corrected chi connectivity index (χ0v) is 23.3. The van der Waals surface area contributed by atoms with Gasteiger partial charge in [0.25, 0.3) is 10.0 Å². The van der Waals surface area contributed by atoms with E-state index in [0.29, 0.717) is 17.1 Å². The second kappa shape index (κ2) is 12.6. The second-order valence-corrected chi connectivity index (χ2v) is 11.3. The Morgan fingerprint density at radius 3 is 2.16 bits per heavy atom. The highest BCUT2D eigenvalue weighted by atomic mass is 35.5. The van der Waals surface area contributed by atoms with Gasteiger partial charge < -0.3 is 10.2 Å². The highest BCUT2D eigenvalue weighted by Gasteiger charge is 2.33. The molecule has 3 aromatic rings. The van der Waals surface area contributed by atoms with Crippen LogP contribution in [0.2, 0.25) is 15.1 Å². The summed E-state index contributed by atoms with van der Waals surface area (Å²) in [6.45, 7) is 3.16. The van der Waals surface area contributed by atoms with E-state index in [0.717, 1.165) is 4.31 Å². The van der Waals surface area contributed by atoms with E-state index >= 15 is 0 Å². The molecule has 0 aliphatic rings. The van der Waals surface area contributed by atoms with Gasteiger partial charge in [0, 0.05) is 23.1 Å². The van der Waals surface area contributed by atoms with Gasteiger partial charge >= 0.3 is 0 Å². The summed E-state index contributed by atoms with van der Waals surface area (Å²) >= 11 is 18.5. The van der Waals surface area contributed by atoms with Crippen LogP contribution in [0.3, 0.4) is 0 Å². The maximum atomic E-state index is 13.8. The zero-order valence-electron chi connectivity index (χ0n) is 20.2. The van der Waals surface area contributed by atoms with Crippen LogP contribution in [0.4, 0.5) is 5.69 Å². The van der Waals surface area contributed by atoms with Crippen molar-refractivity contribution in [2.75, 3.05) is 17.4 Å². The van der Waals surface area contributed by atoms with E-state index in [1.807, 2.05) is 0 Å². The average Bonchev–Trinajstić information content (AvgIpc) is 2.88. The number of benzene rings is 3. The van der Waals surface area contributed by atoms with E-state index in [4.69, 9.17) is 34.8 Å². The first-order valence-electron chi connectivity index (χ1n) is 11.4. The van der Waals surface area contributed by atoms with E-state index in [2.05, 4.69) is 5.32 Å². The van der Waals surface area contributed by atoms with Crippen molar-refractivity contribution >= 4 is 62.3 Å². The number of hydrogen-bond donors (Lipinski definition) is 1. The number of carbonyl (C=O) groups excluding carboxylic acids is 2. The lowest BCUT2D eigenvalue weighted by Crippen LogP contribution is -2.51. The molecule has 0 saturated heterocycles. The van der Waals surface area contributed by atoms with Gasteiger partial charge in [-0.2, -0.15) is 0 Å². The van der Waals surface area contributed by atoms with E-state index in [1.165, 1.54) is 35.2 Å². The molecule has 0 saturated carbocycles. The van der Waals surface area contributed by atoms with E-state index in [9.17, 15) is 18.0 Å². The number of nitrogens with zero attached hydrogens (tertiary/aromatic N) is 2. The van der Waals surface area contributed by atoms with Gasteiger partial charge in [-0.1, -0.05) is 65.1 Å². The SMILES string of the molecule is CCNC(=O)C(C)N(Cc1ccc(Cl)cc1)C(=O)CN(c1cc(Cl)ccc1Cl)S(=O)(=O)c1ccccc1. The van der Waals surface area contributed by atoms with Gasteiger partial charge in [0.15, 0.2) is 0 Å². The summed E-state index contributed by atoms with van der Waals surface area (Å²) in [6, 6.07) is 18.0. The summed E-state index contributed by atoms with van der Waals surface area (Å²) in [6.07, 6.45) is 0. The number of hydrogen-bond acceptors (Lipinski definition) is 4. The fourth-order valence-electron chi connectivity index (χ4n) is 3.60. The number of rotatable bonds is 10. The molecule has 7 nitrogen and oxygen atoms in total. The Hall–Kier alpha value is -2.78. The van der Waals surface area contributed by atoms with Crippen LogP contribution in [0.5, 0.6) is 0 Å². The van der Waals surface area contributed by atoms with Crippen molar-refractivity contribution in [3.63, 3.8) is 0 Å². The first kappa shape index (κ1) is 28.8. The van der Waals surface area contributed by atoms with Crippen LogP contribution in [0.15, 0.2) is 77.7 Å². The van der Waals surface area contributed by atoms with Gasteiger partial charge in [-0.25, -0.2) is 8.42 Å². The summed E-state index contributed by atoms with van der Waals surface area (Å²) in [5.41, 5.74) is 0.760. The predicted octanol–water partition coefficient (Wildman–Crippen LogP) is 5.40. The van der Waals surface area contributed by atoms with Gasteiger partial charge in [0.1, 0.15) is 12.6 Å². The minimum atomic E-state index is -4.23. The molecular formula is C26H26Cl3N3O4S. The summed E-state index contributed by atoms with van der Waals surface area (Å²) in [5, 5.41) is 3.57. The molecule has 0 aliphatic heterocycles. The molecule has 196 valence electrons. The minimum absolute atomic E-state index is 0.0279. The molecule has 37 heavy (non-hydrogen) atoms. The largest absolute Gasteiger partial charge is 0.355 e. The molecule has 3 aromatic carbocycles. The van der Waals surface area contributed by atoms with Crippen LogP contribution >= 0.6 is 34.8 Å². The van der Waals surface area contributed by atoms with Gasteiger partial charge in [-0.3, -0.25) is 13.9 Å². The fraction of sp³-hybridized carbons (Fsp3) is 0.231. The summed E-state index contributed by atoms with van der Waals surface area (Å²) in [7, 11) is -4.23. The third kappa shape index (κ3) is 7.17. The molecule has 0 spiro atoms. The first-order valence-corrected chi connectivity index (χ1v) is 14.0. The molecule has 0 radical (unpaired) electrons. The predicted molar refractivity (Wildman–Crippen MR) is 148 cm³/mol. The maximum absolute atomic E-state index is 13.8. The molecular weight excluding hydrogens is 557 g/mol. The lowest BCUT2D eigenvalue weighted by Gasteiger charge is -2.32. The highest BCUT2D eigenvalue weighted by Crippen LogP contribution is 2.33. The Morgan fingerprint density at radius 1 is 0.919 bits per heavy atom. The fourth-order valence-corrected chi connectivity index (χ4v) is 5.61. The Balaban J connectivity index is 2.05. The Morgan fingerprint density at radius 2 is 1.54 bits per heavy atom. The van der Waals surface area contributed by atoms with Crippen molar-refractivity contribution in [1.29, 1.82) is 0 Å². The van der Waals surface area contributed by atoms with Crippen LogP contribution in [0.1, 0.15) is 19.4 Å². The van der Waals surface area contributed by atoms with E-state index in [-0.39, 0.29) is 33.1 Å². The molecule has 0 heterocycles. The van der Waals surface area contributed by atoms with Crippen LogP contribution in [0, 0.1) is 0 Å². The standard InChI is InChI=1S/C26H26Cl3N3O4S/c1-3-30-26(34)18(2)31(16-19-9-11-20(27)12-10-19)25(33)17-32(24-15-21(28)13-14-23(24)29)37(35,36)22-7-5-4-6-8-22/h4-15,18H,3,16-17H2,1-2H3,(H,30,34). The number of amides is 2. The number of likely N-dealkylation sites (N-methyl/N-ethyl adjacent to an activating group) is 1. The van der Waals surface area contributed by atoms with Crippen molar-refractivity contribution in [3.05, 3.63) is 93.4 Å². The number of sulfonamides is 1. The second-order valence-electron chi connectivity index (χ2n) is 8.14. The third-order valence-electron chi connectivity index (χ3n) is 5.57. The van der Waals surface area contributed by atoms with E-state index < -0.39 is 28.5 Å². The highest BCUT2D eigenvalue weighted by molar-refractivity contribution is 7.92. The number of anilines is 1. The van der Waals surface area contributed by atoms with Crippen LogP contribution < -0.4 is 9.62 Å². The van der Waals surface area contributed by atoms with Crippen molar-refractivity contribution < 1.29 is 18.0 Å². The van der Waals surface area contributed by atoms with Crippen LogP contribution in [-0.2, 0) is 26.2 Å². The summed E-state index contributed by atoms with van der Waals surface area (Å²) in [5.74, 6) is -0.979. The van der Waals surface area contributed by atoms with Crippen molar-refractivity contribution in [2.45, 2.75) is 31.3 Å². The third-order valence-corrected chi connectivity index (χ3v) is 8.15. The van der Waals surface area contributed by atoms with Crippen molar-refractivity contribution in [2.24, 2.45) is 0 Å². The lowest BCUT2D eigenvalue weighted by molar-refractivity contribution is -0.139. The topological polar surface area (TPSA) is 86.8 Å². The van der Waals surface area contributed by atoms with Crippen LogP contribution in [0.25, 0.3) is 0 Å². The van der Waals surface area contributed by atoms with Crippen molar-refractivity contribution in [3.8, 4) is 0 Å². The van der Waals surface area contributed by atoms with Crippen LogP contribution in [-0.4, -0.2) is 44.3 Å². The number of nitrogens with one attached hydrogen (secondary N) is 1. The summed E-state index contributed by atoms with van der Waals surface area (Å²) in [4.78, 5) is 27.8. The number of carbonyl (C=O) groups is 2. The zero-order chi connectivity index (χ0) is 27.2. The Labute approximate surface area is 232 Å². The molecule has 0 aromatic heterocycles. The van der Waals surface area contributed by atoms with Gasteiger partial charge in [-0.15, -0.1) is 0 Å².